The number of anilines is 1. The number of benzene rings is 2. The van der Waals surface area contributed by atoms with Crippen LogP contribution in [0.4, 0.5) is 5.69 Å². The summed E-state index contributed by atoms with van der Waals surface area (Å²) in [5, 5.41) is 6.13. The monoisotopic (exact) mass is 312 g/mol. The van der Waals surface area contributed by atoms with Crippen LogP contribution in [0.25, 0.3) is 0 Å². The van der Waals surface area contributed by atoms with Crippen molar-refractivity contribution in [2.45, 2.75) is 19.9 Å². The van der Waals surface area contributed by atoms with Crippen molar-refractivity contribution in [3.05, 3.63) is 65.7 Å². The number of nitrogens with one attached hydrogen (secondary N) is 2. The molecule has 122 valence electrons. The van der Waals surface area contributed by atoms with Gasteiger partial charge in [0.2, 0.25) is 5.91 Å². The third-order valence-electron chi connectivity index (χ3n) is 3.40. The lowest BCUT2D eigenvalue weighted by atomic mass is 10.2. The minimum absolute atomic E-state index is 0.0737. The lowest BCUT2D eigenvalue weighted by Crippen LogP contribution is -2.19. The van der Waals surface area contributed by atoms with E-state index in [0.29, 0.717) is 6.61 Å². The molecule has 23 heavy (non-hydrogen) atoms. The number of hydrogen-bond acceptors (Lipinski definition) is 3. The van der Waals surface area contributed by atoms with E-state index in [0.717, 1.165) is 30.8 Å². The molecule has 0 aromatic heterocycles. The second-order valence-corrected chi connectivity index (χ2v) is 5.32. The highest BCUT2D eigenvalue weighted by Gasteiger charge is 2.03. The van der Waals surface area contributed by atoms with E-state index >= 15 is 0 Å². The molecule has 0 aliphatic heterocycles. The molecule has 2 aromatic rings. The summed E-state index contributed by atoms with van der Waals surface area (Å²) in [5.41, 5.74) is 3.16. The van der Waals surface area contributed by atoms with Crippen molar-refractivity contribution in [2.75, 3.05) is 25.1 Å². The predicted molar refractivity (Wildman–Crippen MR) is 93.4 cm³/mol. The van der Waals surface area contributed by atoms with E-state index < -0.39 is 0 Å². The van der Waals surface area contributed by atoms with Crippen LogP contribution in [0, 0.1) is 0 Å². The summed E-state index contributed by atoms with van der Waals surface area (Å²) in [6, 6.07) is 17.9. The number of amides is 1. The molecule has 2 N–H and O–H groups in total. The zero-order chi connectivity index (χ0) is 16.3. The van der Waals surface area contributed by atoms with Gasteiger partial charge in [0.05, 0.1) is 6.61 Å². The maximum Gasteiger partial charge on any atom is 0.250 e. The van der Waals surface area contributed by atoms with E-state index in [1.54, 1.807) is 0 Å². The van der Waals surface area contributed by atoms with Crippen LogP contribution in [0.1, 0.15) is 18.1 Å². The Morgan fingerprint density at radius 3 is 2.61 bits per heavy atom. The van der Waals surface area contributed by atoms with E-state index in [9.17, 15) is 4.79 Å². The summed E-state index contributed by atoms with van der Waals surface area (Å²) < 4.78 is 5.44. The molecule has 2 aromatic carbocycles. The van der Waals surface area contributed by atoms with E-state index in [1.165, 1.54) is 5.56 Å². The van der Waals surface area contributed by atoms with E-state index in [1.807, 2.05) is 42.5 Å². The minimum atomic E-state index is -0.126. The van der Waals surface area contributed by atoms with Crippen LogP contribution in [0.5, 0.6) is 0 Å². The second kappa shape index (κ2) is 9.77. The third kappa shape index (κ3) is 6.63. The number of rotatable bonds is 9. The first-order valence-corrected chi connectivity index (χ1v) is 7.99. The molecule has 0 spiro atoms. The zero-order valence-electron chi connectivity index (χ0n) is 13.5. The second-order valence-electron chi connectivity index (χ2n) is 5.32. The molecule has 0 saturated carbocycles. The molecular weight excluding hydrogens is 288 g/mol. The van der Waals surface area contributed by atoms with Gasteiger partial charge in [-0.1, -0.05) is 49.4 Å². The lowest BCUT2D eigenvalue weighted by Gasteiger charge is -2.08. The van der Waals surface area contributed by atoms with Crippen molar-refractivity contribution in [3.8, 4) is 0 Å². The van der Waals surface area contributed by atoms with Gasteiger partial charge >= 0.3 is 0 Å². The van der Waals surface area contributed by atoms with Crippen LogP contribution in [0.3, 0.4) is 0 Å². The van der Waals surface area contributed by atoms with Gasteiger partial charge in [0.15, 0.2) is 0 Å². The Morgan fingerprint density at radius 1 is 1.04 bits per heavy atom. The number of carbonyl (C=O) groups excluding carboxylic acids is 1. The first kappa shape index (κ1) is 17.2. The minimum Gasteiger partial charge on any atom is -0.371 e. The standard InChI is InChI=1S/C19H24N2O2/c1-2-20-14-17-9-6-10-18(13-17)21-19(22)15-23-12-11-16-7-4-3-5-8-16/h3-10,13,20H,2,11-12,14-15H2,1H3,(H,21,22). The van der Waals surface area contributed by atoms with E-state index in [2.05, 4.69) is 29.7 Å². The SMILES string of the molecule is CCNCc1cccc(NC(=O)COCCc2ccccc2)c1. The normalized spacial score (nSPS) is 10.5. The van der Waals surface area contributed by atoms with Crippen LogP contribution in [-0.4, -0.2) is 25.7 Å². The van der Waals surface area contributed by atoms with Crippen LogP contribution in [0.15, 0.2) is 54.6 Å². The molecule has 0 saturated heterocycles. The summed E-state index contributed by atoms with van der Waals surface area (Å²) in [4.78, 5) is 11.9. The van der Waals surface area contributed by atoms with Crippen molar-refractivity contribution in [1.29, 1.82) is 0 Å². The zero-order valence-corrected chi connectivity index (χ0v) is 13.5. The maximum absolute atomic E-state index is 11.9. The number of carbonyl (C=O) groups is 1. The Kier molecular flexibility index (Phi) is 7.30. The first-order chi connectivity index (χ1) is 11.3. The Hall–Kier alpha value is -2.17. The fourth-order valence-corrected chi connectivity index (χ4v) is 2.23. The van der Waals surface area contributed by atoms with Crippen LogP contribution in [-0.2, 0) is 22.5 Å². The van der Waals surface area contributed by atoms with Crippen LogP contribution < -0.4 is 10.6 Å². The maximum atomic E-state index is 11.9. The smallest absolute Gasteiger partial charge is 0.250 e. The highest BCUT2D eigenvalue weighted by atomic mass is 16.5. The fraction of sp³-hybridized carbons (Fsp3) is 0.316. The van der Waals surface area contributed by atoms with Crippen molar-refractivity contribution < 1.29 is 9.53 Å². The Balaban J connectivity index is 1.70. The molecule has 0 aliphatic rings. The lowest BCUT2D eigenvalue weighted by molar-refractivity contribution is -0.120. The highest BCUT2D eigenvalue weighted by molar-refractivity contribution is 5.91. The highest BCUT2D eigenvalue weighted by Crippen LogP contribution is 2.10. The summed E-state index contributed by atoms with van der Waals surface area (Å²) >= 11 is 0. The largest absolute Gasteiger partial charge is 0.371 e. The van der Waals surface area contributed by atoms with Gasteiger partial charge in [0, 0.05) is 12.2 Å². The Morgan fingerprint density at radius 2 is 1.83 bits per heavy atom. The van der Waals surface area contributed by atoms with Crippen molar-refractivity contribution in [3.63, 3.8) is 0 Å². The van der Waals surface area contributed by atoms with Gasteiger partial charge in [-0.25, -0.2) is 0 Å². The fourth-order valence-electron chi connectivity index (χ4n) is 2.23. The van der Waals surface area contributed by atoms with Crippen molar-refractivity contribution >= 4 is 11.6 Å². The Bertz CT molecular complexity index is 599. The number of hydrogen-bond donors (Lipinski definition) is 2. The number of ether oxygens (including phenoxy) is 1. The third-order valence-corrected chi connectivity index (χ3v) is 3.40. The van der Waals surface area contributed by atoms with E-state index in [4.69, 9.17) is 4.74 Å². The van der Waals surface area contributed by atoms with Crippen LogP contribution >= 0.6 is 0 Å². The molecule has 4 nitrogen and oxygen atoms in total. The molecular formula is C19H24N2O2. The van der Waals surface area contributed by atoms with Gasteiger partial charge in [-0.2, -0.15) is 0 Å². The molecule has 0 radical (unpaired) electrons. The van der Waals surface area contributed by atoms with Crippen LogP contribution in [0.2, 0.25) is 0 Å². The molecule has 1 amide bonds. The van der Waals surface area contributed by atoms with Gasteiger partial charge in [-0.3, -0.25) is 4.79 Å². The average Bonchev–Trinajstić information content (AvgIpc) is 2.58. The first-order valence-electron chi connectivity index (χ1n) is 7.99. The summed E-state index contributed by atoms with van der Waals surface area (Å²) in [5.74, 6) is -0.126. The van der Waals surface area contributed by atoms with Gasteiger partial charge in [-0.15, -0.1) is 0 Å². The Labute approximate surface area is 137 Å². The van der Waals surface area contributed by atoms with Gasteiger partial charge < -0.3 is 15.4 Å². The van der Waals surface area contributed by atoms with Crippen molar-refractivity contribution in [1.82, 2.24) is 5.32 Å². The molecule has 0 unspecified atom stereocenters. The van der Waals surface area contributed by atoms with E-state index in [-0.39, 0.29) is 12.5 Å². The van der Waals surface area contributed by atoms with Gasteiger partial charge in [0.1, 0.15) is 6.61 Å². The summed E-state index contributed by atoms with van der Waals surface area (Å²) in [6.45, 7) is 4.40. The molecule has 4 heteroatoms. The molecule has 2 rings (SSSR count). The molecule has 0 bridgehead atoms. The average molecular weight is 312 g/mol. The predicted octanol–water partition coefficient (Wildman–Crippen LogP) is 2.99. The summed E-state index contributed by atoms with van der Waals surface area (Å²) in [6.07, 6.45) is 0.812. The van der Waals surface area contributed by atoms with Crippen molar-refractivity contribution in [2.24, 2.45) is 0 Å². The molecule has 0 fully saturated rings. The summed E-state index contributed by atoms with van der Waals surface area (Å²) in [7, 11) is 0. The molecule has 0 aliphatic carbocycles. The molecule has 0 heterocycles. The van der Waals surface area contributed by atoms with Gasteiger partial charge in [0.25, 0.3) is 0 Å². The van der Waals surface area contributed by atoms with Gasteiger partial charge in [-0.05, 0) is 36.2 Å². The molecule has 0 atom stereocenters. The topological polar surface area (TPSA) is 50.4 Å². The quantitative estimate of drug-likeness (QED) is 0.700.